The van der Waals surface area contributed by atoms with Gasteiger partial charge in [0, 0.05) is 24.7 Å². The molecule has 0 aliphatic carbocycles. The van der Waals surface area contributed by atoms with Crippen molar-refractivity contribution in [3.63, 3.8) is 0 Å². The smallest absolute Gasteiger partial charge is 0.151 e. The van der Waals surface area contributed by atoms with E-state index in [1.807, 2.05) is 24.4 Å². The van der Waals surface area contributed by atoms with Crippen LogP contribution in [0.15, 0.2) is 48.7 Å². The Balaban J connectivity index is 1.36. The van der Waals surface area contributed by atoms with Crippen molar-refractivity contribution < 1.29 is 8.42 Å². The summed E-state index contributed by atoms with van der Waals surface area (Å²) in [6, 6.07) is 14.5. The standard InChI is InChI=1S/C21H25N3O2S/c1-27(25,26)15-19-4-2-3-17(10-19)13-24-8-7-18(14-24)9-16-5-6-21-20(11-16)12-22-23-21/h2-6,10-12,18H,7-9,13-15H2,1H3,(H,22,23). The Labute approximate surface area is 160 Å². The topological polar surface area (TPSA) is 66.1 Å². The summed E-state index contributed by atoms with van der Waals surface area (Å²) in [6.07, 6.45) is 5.45. The Morgan fingerprint density at radius 3 is 2.85 bits per heavy atom. The van der Waals surface area contributed by atoms with Crippen LogP contribution in [0.3, 0.4) is 0 Å². The summed E-state index contributed by atoms with van der Waals surface area (Å²) in [5.74, 6) is 0.772. The highest BCUT2D eigenvalue weighted by molar-refractivity contribution is 7.89. The first-order chi connectivity index (χ1) is 12.9. The molecule has 0 saturated carbocycles. The van der Waals surface area contributed by atoms with Crippen molar-refractivity contribution in [2.45, 2.75) is 25.1 Å². The van der Waals surface area contributed by atoms with Crippen molar-refractivity contribution in [1.82, 2.24) is 15.1 Å². The van der Waals surface area contributed by atoms with E-state index in [9.17, 15) is 8.42 Å². The highest BCUT2D eigenvalue weighted by Crippen LogP contribution is 2.24. The lowest BCUT2D eigenvalue weighted by Gasteiger charge is -2.17. The maximum absolute atomic E-state index is 11.5. The van der Waals surface area contributed by atoms with Gasteiger partial charge < -0.3 is 0 Å². The molecule has 0 bridgehead atoms. The van der Waals surface area contributed by atoms with Gasteiger partial charge in [0.25, 0.3) is 0 Å². The molecule has 2 heterocycles. The Hall–Kier alpha value is -2.18. The second-order valence-corrected chi connectivity index (χ2v) is 9.92. The van der Waals surface area contributed by atoms with E-state index < -0.39 is 9.84 Å². The van der Waals surface area contributed by atoms with E-state index in [1.165, 1.54) is 29.2 Å². The number of H-pyrrole nitrogens is 1. The summed E-state index contributed by atoms with van der Waals surface area (Å²) in [6.45, 7) is 3.06. The van der Waals surface area contributed by atoms with Gasteiger partial charge in [-0.1, -0.05) is 30.3 Å². The summed E-state index contributed by atoms with van der Waals surface area (Å²) in [5, 5.41) is 8.26. The maximum Gasteiger partial charge on any atom is 0.151 e. The zero-order valence-electron chi connectivity index (χ0n) is 15.6. The van der Waals surface area contributed by atoms with E-state index in [2.05, 4.69) is 39.4 Å². The molecule has 1 unspecified atom stereocenters. The van der Waals surface area contributed by atoms with Gasteiger partial charge in [-0.05, 0) is 54.1 Å². The van der Waals surface area contributed by atoms with Crippen LogP contribution in [0.25, 0.3) is 10.9 Å². The zero-order valence-corrected chi connectivity index (χ0v) is 16.4. The summed E-state index contributed by atoms with van der Waals surface area (Å²) in [4.78, 5) is 2.47. The van der Waals surface area contributed by atoms with E-state index in [0.29, 0.717) is 5.92 Å². The molecule has 1 N–H and O–H groups in total. The number of fused-ring (bicyclic) bond motifs is 1. The summed E-state index contributed by atoms with van der Waals surface area (Å²) in [7, 11) is -3.00. The van der Waals surface area contributed by atoms with Gasteiger partial charge in [0.1, 0.15) is 0 Å². The minimum absolute atomic E-state index is 0.111. The van der Waals surface area contributed by atoms with Crippen molar-refractivity contribution in [3.8, 4) is 0 Å². The molecule has 4 rings (SSSR count). The number of nitrogens with one attached hydrogen (secondary N) is 1. The van der Waals surface area contributed by atoms with Crippen molar-refractivity contribution in [2.24, 2.45) is 5.92 Å². The molecule has 142 valence electrons. The summed E-state index contributed by atoms with van der Waals surface area (Å²) < 4.78 is 23.0. The van der Waals surface area contributed by atoms with Gasteiger partial charge in [0.05, 0.1) is 17.5 Å². The first kappa shape index (κ1) is 18.2. The number of sulfone groups is 1. The number of likely N-dealkylation sites (tertiary alicyclic amines) is 1. The Kier molecular flexibility index (Phi) is 5.02. The molecule has 0 radical (unpaired) electrons. The van der Waals surface area contributed by atoms with Gasteiger partial charge in [0.15, 0.2) is 9.84 Å². The predicted molar refractivity (Wildman–Crippen MR) is 108 cm³/mol. The van der Waals surface area contributed by atoms with Crippen LogP contribution in [0, 0.1) is 5.92 Å². The lowest BCUT2D eigenvalue weighted by atomic mass is 9.98. The first-order valence-corrected chi connectivity index (χ1v) is 11.4. The SMILES string of the molecule is CS(=O)(=O)Cc1cccc(CN2CCC(Cc3ccc4[nH]ncc4c3)C2)c1. The lowest BCUT2D eigenvalue weighted by molar-refractivity contribution is 0.316. The van der Waals surface area contributed by atoms with Crippen LogP contribution in [0.5, 0.6) is 0 Å². The molecule has 6 heteroatoms. The molecular weight excluding hydrogens is 358 g/mol. The number of hydrogen-bond acceptors (Lipinski definition) is 4. The summed E-state index contributed by atoms with van der Waals surface area (Å²) in [5.41, 5.74) is 4.52. The quantitative estimate of drug-likeness (QED) is 0.710. The molecule has 1 fully saturated rings. The van der Waals surface area contributed by atoms with Crippen molar-refractivity contribution in [1.29, 1.82) is 0 Å². The first-order valence-electron chi connectivity index (χ1n) is 9.34. The van der Waals surface area contributed by atoms with Gasteiger partial charge in [-0.3, -0.25) is 10.00 Å². The van der Waals surface area contributed by atoms with Crippen molar-refractivity contribution in [2.75, 3.05) is 19.3 Å². The Bertz CT molecular complexity index is 1040. The molecule has 2 aromatic carbocycles. The molecule has 1 aliphatic heterocycles. The second-order valence-electron chi connectivity index (χ2n) is 7.78. The van der Waals surface area contributed by atoms with E-state index in [-0.39, 0.29) is 5.75 Å². The van der Waals surface area contributed by atoms with Gasteiger partial charge in [0.2, 0.25) is 0 Å². The van der Waals surface area contributed by atoms with Gasteiger partial charge >= 0.3 is 0 Å². The predicted octanol–water partition coefficient (Wildman–Crippen LogP) is 3.17. The molecule has 27 heavy (non-hydrogen) atoms. The van der Waals surface area contributed by atoms with Gasteiger partial charge in [-0.2, -0.15) is 5.10 Å². The minimum atomic E-state index is -3.00. The van der Waals surface area contributed by atoms with Gasteiger partial charge in [-0.25, -0.2) is 8.42 Å². The molecule has 1 aliphatic rings. The van der Waals surface area contributed by atoms with E-state index in [4.69, 9.17) is 0 Å². The van der Waals surface area contributed by atoms with Crippen LogP contribution in [0.1, 0.15) is 23.1 Å². The number of aromatic nitrogens is 2. The van der Waals surface area contributed by atoms with Crippen LogP contribution in [-0.4, -0.2) is 42.9 Å². The van der Waals surface area contributed by atoms with E-state index in [1.54, 1.807) is 0 Å². The molecule has 1 atom stereocenters. The summed E-state index contributed by atoms with van der Waals surface area (Å²) >= 11 is 0. The fraction of sp³-hybridized carbons (Fsp3) is 0.381. The van der Waals surface area contributed by atoms with Crippen LogP contribution < -0.4 is 0 Å². The molecule has 5 nitrogen and oxygen atoms in total. The molecular formula is C21H25N3O2S. The van der Waals surface area contributed by atoms with Gasteiger partial charge in [-0.15, -0.1) is 0 Å². The third-order valence-corrected chi connectivity index (χ3v) is 6.08. The normalized spacial score (nSPS) is 18.3. The van der Waals surface area contributed by atoms with Crippen molar-refractivity contribution in [3.05, 3.63) is 65.4 Å². The fourth-order valence-electron chi connectivity index (χ4n) is 4.05. The van der Waals surface area contributed by atoms with Crippen LogP contribution in [-0.2, 0) is 28.6 Å². The molecule has 0 spiro atoms. The Morgan fingerprint density at radius 1 is 1.15 bits per heavy atom. The second kappa shape index (κ2) is 7.44. The average molecular weight is 384 g/mol. The zero-order chi connectivity index (χ0) is 18.9. The lowest BCUT2D eigenvalue weighted by Crippen LogP contribution is -2.20. The number of hydrogen-bond donors (Lipinski definition) is 1. The molecule has 0 amide bonds. The maximum atomic E-state index is 11.5. The fourth-order valence-corrected chi connectivity index (χ4v) is 4.84. The number of aromatic amines is 1. The minimum Gasteiger partial charge on any atom is -0.299 e. The van der Waals surface area contributed by atoms with Crippen LogP contribution >= 0.6 is 0 Å². The van der Waals surface area contributed by atoms with E-state index in [0.717, 1.165) is 37.1 Å². The van der Waals surface area contributed by atoms with Crippen molar-refractivity contribution >= 4 is 20.7 Å². The molecule has 3 aromatic rings. The molecule has 1 aromatic heterocycles. The number of nitrogens with zero attached hydrogens (tertiary/aromatic N) is 2. The number of rotatable bonds is 6. The monoisotopic (exact) mass is 383 g/mol. The molecule has 1 saturated heterocycles. The van der Waals surface area contributed by atoms with Crippen LogP contribution in [0.2, 0.25) is 0 Å². The average Bonchev–Trinajstić information content (AvgIpc) is 3.22. The highest BCUT2D eigenvalue weighted by atomic mass is 32.2. The largest absolute Gasteiger partial charge is 0.299 e. The highest BCUT2D eigenvalue weighted by Gasteiger charge is 2.23. The third-order valence-electron chi connectivity index (χ3n) is 5.23. The third kappa shape index (κ3) is 4.76. The van der Waals surface area contributed by atoms with E-state index >= 15 is 0 Å². The number of benzene rings is 2. The van der Waals surface area contributed by atoms with Crippen LogP contribution in [0.4, 0.5) is 0 Å². The Morgan fingerprint density at radius 2 is 2.00 bits per heavy atom.